The van der Waals surface area contributed by atoms with Crippen LogP contribution in [0.4, 0.5) is 0 Å². The maximum Gasteiger partial charge on any atom is 0.243 e. The van der Waals surface area contributed by atoms with Gasteiger partial charge in [0.25, 0.3) is 0 Å². The molecule has 1 aromatic carbocycles. The molecule has 1 aliphatic rings. The highest BCUT2D eigenvalue weighted by atomic mass is 32.2. The Morgan fingerprint density at radius 1 is 1.24 bits per heavy atom. The Bertz CT molecular complexity index is 755. The molecule has 2 aromatic rings. The maximum absolute atomic E-state index is 12.8. The molecule has 1 fully saturated rings. The van der Waals surface area contributed by atoms with Crippen molar-refractivity contribution >= 4 is 20.9 Å². The van der Waals surface area contributed by atoms with Crippen LogP contribution in [0.3, 0.4) is 0 Å². The van der Waals surface area contributed by atoms with Crippen molar-refractivity contribution in [2.45, 2.75) is 4.90 Å². The first kappa shape index (κ1) is 14.2. The van der Waals surface area contributed by atoms with E-state index in [2.05, 4.69) is 4.98 Å². The molecule has 1 aromatic heterocycles. The largest absolute Gasteiger partial charge is 0.494 e. The molecule has 21 heavy (non-hydrogen) atoms. The van der Waals surface area contributed by atoms with Crippen molar-refractivity contribution in [1.82, 2.24) is 9.29 Å². The number of methoxy groups -OCH3 is 1. The van der Waals surface area contributed by atoms with Crippen molar-refractivity contribution in [3.63, 3.8) is 0 Å². The van der Waals surface area contributed by atoms with E-state index < -0.39 is 10.0 Å². The highest BCUT2D eigenvalue weighted by molar-refractivity contribution is 7.89. The van der Waals surface area contributed by atoms with E-state index in [1.54, 1.807) is 37.6 Å². The fourth-order valence-corrected chi connectivity index (χ4v) is 4.03. The minimum Gasteiger partial charge on any atom is -0.494 e. The van der Waals surface area contributed by atoms with Crippen LogP contribution in [0.15, 0.2) is 35.4 Å². The van der Waals surface area contributed by atoms with Gasteiger partial charge in [-0.1, -0.05) is 0 Å². The summed E-state index contributed by atoms with van der Waals surface area (Å²) in [5.74, 6) is 0.562. The lowest BCUT2D eigenvalue weighted by Gasteiger charge is -2.26. The molecular weight excluding hydrogens is 292 g/mol. The molecule has 0 radical (unpaired) electrons. The lowest BCUT2D eigenvalue weighted by atomic mass is 10.2. The number of hydrogen-bond donors (Lipinski definition) is 0. The summed E-state index contributed by atoms with van der Waals surface area (Å²) in [6.07, 6.45) is 1.62. The van der Waals surface area contributed by atoms with E-state index in [4.69, 9.17) is 9.47 Å². The van der Waals surface area contributed by atoms with Gasteiger partial charge in [-0.05, 0) is 24.3 Å². The first-order chi connectivity index (χ1) is 10.1. The Morgan fingerprint density at radius 3 is 2.71 bits per heavy atom. The molecular formula is C14H16N2O4S. The predicted molar refractivity (Wildman–Crippen MR) is 77.9 cm³/mol. The Kier molecular flexibility index (Phi) is 3.79. The van der Waals surface area contributed by atoms with Gasteiger partial charge in [0.15, 0.2) is 0 Å². The molecule has 0 aliphatic carbocycles. The fraction of sp³-hybridized carbons (Fsp3) is 0.357. The molecule has 0 saturated carbocycles. The van der Waals surface area contributed by atoms with E-state index in [9.17, 15) is 8.42 Å². The number of nitrogens with zero attached hydrogens (tertiary/aromatic N) is 2. The molecule has 2 heterocycles. The molecule has 0 atom stereocenters. The summed E-state index contributed by atoms with van der Waals surface area (Å²) in [5.41, 5.74) is 0.550. The van der Waals surface area contributed by atoms with Crippen LogP contribution in [0.5, 0.6) is 5.75 Å². The zero-order valence-electron chi connectivity index (χ0n) is 11.7. The van der Waals surface area contributed by atoms with Gasteiger partial charge in [-0.2, -0.15) is 4.31 Å². The molecule has 0 spiro atoms. The third-order valence-corrected chi connectivity index (χ3v) is 5.46. The topological polar surface area (TPSA) is 68.7 Å². The van der Waals surface area contributed by atoms with Crippen LogP contribution < -0.4 is 4.74 Å². The van der Waals surface area contributed by atoms with Crippen LogP contribution in [0.1, 0.15) is 0 Å². The zero-order chi connectivity index (χ0) is 14.9. The third kappa shape index (κ3) is 2.48. The van der Waals surface area contributed by atoms with Crippen LogP contribution in [0.25, 0.3) is 10.9 Å². The van der Waals surface area contributed by atoms with Crippen LogP contribution in [0, 0.1) is 0 Å². The molecule has 0 bridgehead atoms. The molecule has 1 aliphatic heterocycles. The van der Waals surface area contributed by atoms with Crippen LogP contribution in [-0.4, -0.2) is 51.1 Å². The standard InChI is InChI=1S/C14H16N2O4S/c1-19-12-4-5-13(11-3-2-6-15-14(11)12)21(17,18)16-7-9-20-10-8-16/h2-6H,7-10H2,1H3. The van der Waals surface area contributed by atoms with E-state index in [1.807, 2.05) is 0 Å². The van der Waals surface area contributed by atoms with Gasteiger partial charge in [0.1, 0.15) is 11.3 Å². The van der Waals surface area contributed by atoms with Gasteiger partial charge < -0.3 is 9.47 Å². The van der Waals surface area contributed by atoms with E-state index >= 15 is 0 Å². The second-order valence-electron chi connectivity index (χ2n) is 4.68. The number of morpholine rings is 1. The molecule has 7 heteroatoms. The van der Waals surface area contributed by atoms with Crippen molar-refractivity contribution in [1.29, 1.82) is 0 Å². The van der Waals surface area contributed by atoms with Crippen molar-refractivity contribution in [3.05, 3.63) is 30.5 Å². The van der Waals surface area contributed by atoms with Crippen LogP contribution in [-0.2, 0) is 14.8 Å². The average Bonchev–Trinajstić information content (AvgIpc) is 2.54. The van der Waals surface area contributed by atoms with Crippen molar-refractivity contribution < 1.29 is 17.9 Å². The Labute approximate surface area is 123 Å². The Morgan fingerprint density at radius 2 is 2.00 bits per heavy atom. The molecule has 0 N–H and O–H groups in total. The quantitative estimate of drug-likeness (QED) is 0.854. The molecule has 0 unspecified atom stereocenters. The van der Waals surface area contributed by atoms with Crippen molar-refractivity contribution in [2.75, 3.05) is 33.4 Å². The molecule has 112 valence electrons. The number of benzene rings is 1. The van der Waals surface area contributed by atoms with Gasteiger partial charge in [-0.3, -0.25) is 4.98 Å². The summed E-state index contributed by atoms with van der Waals surface area (Å²) in [6.45, 7) is 1.59. The Hall–Kier alpha value is -1.70. The summed E-state index contributed by atoms with van der Waals surface area (Å²) in [4.78, 5) is 4.50. The van der Waals surface area contributed by atoms with Gasteiger partial charge in [-0.15, -0.1) is 0 Å². The number of hydrogen-bond acceptors (Lipinski definition) is 5. The first-order valence-electron chi connectivity index (χ1n) is 6.64. The maximum atomic E-state index is 12.8. The third-order valence-electron chi connectivity index (χ3n) is 3.50. The van der Waals surface area contributed by atoms with Gasteiger partial charge in [0, 0.05) is 24.7 Å². The van der Waals surface area contributed by atoms with E-state index in [0.717, 1.165) is 0 Å². The predicted octanol–water partition coefficient (Wildman–Crippen LogP) is 1.26. The highest BCUT2D eigenvalue weighted by Crippen LogP contribution is 2.31. The number of fused-ring (bicyclic) bond motifs is 1. The van der Waals surface area contributed by atoms with E-state index in [1.165, 1.54) is 4.31 Å². The SMILES string of the molecule is COc1ccc(S(=O)(=O)N2CCOCC2)c2cccnc12. The van der Waals surface area contributed by atoms with Gasteiger partial charge in [0.05, 0.1) is 25.2 Å². The molecule has 0 amide bonds. The summed E-state index contributed by atoms with van der Waals surface area (Å²) in [5, 5.41) is 0.573. The molecule has 1 saturated heterocycles. The van der Waals surface area contributed by atoms with Crippen LogP contribution in [0.2, 0.25) is 0 Å². The number of pyridine rings is 1. The minimum absolute atomic E-state index is 0.258. The first-order valence-corrected chi connectivity index (χ1v) is 8.08. The van der Waals surface area contributed by atoms with Crippen LogP contribution >= 0.6 is 0 Å². The Balaban J connectivity index is 2.16. The number of aromatic nitrogens is 1. The van der Waals surface area contributed by atoms with E-state index in [0.29, 0.717) is 43.0 Å². The zero-order valence-corrected chi connectivity index (χ0v) is 12.5. The normalized spacial score (nSPS) is 17.0. The summed E-state index contributed by atoms with van der Waals surface area (Å²) < 4.78 is 37.5. The summed E-state index contributed by atoms with van der Waals surface area (Å²) >= 11 is 0. The number of ether oxygens (including phenoxy) is 2. The minimum atomic E-state index is -3.56. The fourth-order valence-electron chi connectivity index (χ4n) is 2.44. The van der Waals surface area contributed by atoms with Crippen molar-refractivity contribution in [3.8, 4) is 5.75 Å². The average molecular weight is 308 g/mol. The highest BCUT2D eigenvalue weighted by Gasteiger charge is 2.28. The number of sulfonamides is 1. The molecule has 3 rings (SSSR count). The van der Waals surface area contributed by atoms with Crippen molar-refractivity contribution in [2.24, 2.45) is 0 Å². The second kappa shape index (κ2) is 5.59. The summed E-state index contributed by atoms with van der Waals surface area (Å²) in [7, 11) is -2.01. The number of rotatable bonds is 3. The molecule has 6 nitrogen and oxygen atoms in total. The van der Waals surface area contributed by atoms with Gasteiger partial charge >= 0.3 is 0 Å². The van der Waals surface area contributed by atoms with Gasteiger partial charge in [-0.25, -0.2) is 8.42 Å². The van der Waals surface area contributed by atoms with E-state index in [-0.39, 0.29) is 4.90 Å². The monoisotopic (exact) mass is 308 g/mol. The van der Waals surface area contributed by atoms with Gasteiger partial charge in [0.2, 0.25) is 10.0 Å². The lowest BCUT2D eigenvalue weighted by Crippen LogP contribution is -2.40. The second-order valence-corrected chi connectivity index (χ2v) is 6.59. The smallest absolute Gasteiger partial charge is 0.243 e. The lowest BCUT2D eigenvalue weighted by molar-refractivity contribution is 0.0730. The summed E-state index contributed by atoms with van der Waals surface area (Å²) in [6, 6.07) is 6.69.